The quantitative estimate of drug-likeness (QED) is 0.827. The van der Waals surface area contributed by atoms with Gasteiger partial charge in [-0.1, -0.05) is 0 Å². The summed E-state index contributed by atoms with van der Waals surface area (Å²) in [5.74, 6) is 1.02. The van der Waals surface area contributed by atoms with Crippen molar-refractivity contribution in [2.24, 2.45) is 0 Å². The van der Waals surface area contributed by atoms with Crippen molar-refractivity contribution in [3.8, 4) is 0 Å². The van der Waals surface area contributed by atoms with E-state index in [0.717, 1.165) is 24.9 Å². The Balaban J connectivity index is 1.62. The molecule has 0 aromatic carbocycles. The van der Waals surface area contributed by atoms with Crippen molar-refractivity contribution in [2.45, 2.75) is 37.8 Å². The fourth-order valence-corrected chi connectivity index (χ4v) is 2.37. The molecule has 16 heavy (non-hydrogen) atoms. The predicted octanol–water partition coefficient (Wildman–Crippen LogP) is 1.20. The van der Waals surface area contributed by atoms with E-state index >= 15 is 0 Å². The van der Waals surface area contributed by atoms with Gasteiger partial charge in [0.25, 0.3) is 0 Å². The number of nitrogens with one attached hydrogen (secondary N) is 1. The van der Waals surface area contributed by atoms with E-state index in [9.17, 15) is 0 Å². The molecular formula is C12H18N4. The van der Waals surface area contributed by atoms with Gasteiger partial charge in [-0.15, -0.1) is 5.10 Å². The van der Waals surface area contributed by atoms with Crippen LogP contribution >= 0.6 is 0 Å². The summed E-state index contributed by atoms with van der Waals surface area (Å²) in [4.78, 5) is 2.34. The molecule has 4 nitrogen and oxygen atoms in total. The second-order valence-corrected chi connectivity index (χ2v) is 4.81. The minimum absolute atomic E-state index is 0.642. The lowest BCUT2D eigenvalue weighted by atomic mass is 10.1. The second kappa shape index (κ2) is 4.37. The molecule has 1 saturated heterocycles. The van der Waals surface area contributed by atoms with Crippen LogP contribution in [0, 0.1) is 0 Å². The normalized spacial score (nSPS) is 25.8. The van der Waals surface area contributed by atoms with Crippen molar-refractivity contribution in [3.63, 3.8) is 0 Å². The van der Waals surface area contributed by atoms with Crippen LogP contribution in [0.5, 0.6) is 0 Å². The van der Waals surface area contributed by atoms with Crippen molar-refractivity contribution in [3.05, 3.63) is 18.3 Å². The van der Waals surface area contributed by atoms with E-state index in [4.69, 9.17) is 0 Å². The summed E-state index contributed by atoms with van der Waals surface area (Å²) in [5.41, 5.74) is 0. The first-order valence-electron chi connectivity index (χ1n) is 6.20. The minimum Gasteiger partial charge on any atom is -0.354 e. The van der Waals surface area contributed by atoms with Crippen LogP contribution in [0.2, 0.25) is 0 Å². The Morgan fingerprint density at radius 1 is 1.25 bits per heavy atom. The molecule has 1 N–H and O–H groups in total. The van der Waals surface area contributed by atoms with Crippen LogP contribution in [0.4, 0.5) is 5.82 Å². The summed E-state index contributed by atoms with van der Waals surface area (Å²) < 4.78 is 0. The van der Waals surface area contributed by atoms with Crippen molar-refractivity contribution in [1.82, 2.24) is 15.5 Å². The lowest BCUT2D eigenvalue weighted by molar-refractivity contribution is 0.418. The lowest BCUT2D eigenvalue weighted by Gasteiger charge is -2.33. The van der Waals surface area contributed by atoms with Gasteiger partial charge in [-0.25, -0.2) is 0 Å². The molecule has 1 aromatic heterocycles. The molecule has 2 heterocycles. The molecule has 0 spiro atoms. The Morgan fingerprint density at radius 3 is 2.94 bits per heavy atom. The third kappa shape index (κ3) is 2.32. The van der Waals surface area contributed by atoms with Gasteiger partial charge in [0.2, 0.25) is 0 Å². The Labute approximate surface area is 96.1 Å². The zero-order valence-corrected chi connectivity index (χ0v) is 9.47. The van der Waals surface area contributed by atoms with Gasteiger partial charge in [0.05, 0.1) is 0 Å². The first-order valence-corrected chi connectivity index (χ1v) is 6.20. The van der Waals surface area contributed by atoms with Crippen LogP contribution in [-0.2, 0) is 0 Å². The lowest BCUT2D eigenvalue weighted by Crippen LogP contribution is -2.46. The van der Waals surface area contributed by atoms with E-state index in [1.165, 1.54) is 25.7 Å². The summed E-state index contributed by atoms with van der Waals surface area (Å²) in [7, 11) is 0. The molecule has 1 aromatic rings. The van der Waals surface area contributed by atoms with Crippen LogP contribution in [0.25, 0.3) is 0 Å². The second-order valence-electron chi connectivity index (χ2n) is 4.81. The molecule has 4 heteroatoms. The van der Waals surface area contributed by atoms with E-state index in [1.807, 2.05) is 12.1 Å². The molecule has 3 rings (SSSR count). The standard InChI is InChI=1S/C12H18N4/c1-4-12(15-13-7-1)16-8-2-3-11(9-16)14-10-5-6-10/h1,4,7,10-11,14H,2-3,5-6,8-9H2/t11-/m1/s1. The summed E-state index contributed by atoms with van der Waals surface area (Å²) in [6.07, 6.45) is 7.00. The monoisotopic (exact) mass is 218 g/mol. The first-order chi connectivity index (χ1) is 7.92. The average Bonchev–Trinajstić information content (AvgIpc) is 3.15. The van der Waals surface area contributed by atoms with Gasteiger partial charge in [0, 0.05) is 31.4 Å². The van der Waals surface area contributed by atoms with Gasteiger partial charge < -0.3 is 10.2 Å². The Morgan fingerprint density at radius 2 is 2.19 bits per heavy atom. The smallest absolute Gasteiger partial charge is 0.151 e. The third-order valence-electron chi connectivity index (χ3n) is 3.35. The molecule has 0 radical (unpaired) electrons. The highest BCUT2D eigenvalue weighted by molar-refractivity contribution is 5.37. The van der Waals surface area contributed by atoms with Crippen molar-refractivity contribution >= 4 is 5.82 Å². The molecule has 86 valence electrons. The highest BCUT2D eigenvalue weighted by Gasteiger charge is 2.27. The summed E-state index contributed by atoms with van der Waals surface area (Å²) in [5, 5.41) is 11.8. The maximum Gasteiger partial charge on any atom is 0.151 e. The SMILES string of the molecule is c1cnnc(N2CCC[C@@H](NC3CC3)C2)c1. The topological polar surface area (TPSA) is 41.1 Å². The molecule has 2 aliphatic rings. The van der Waals surface area contributed by atoms with Gasteiger partial charge in [-0.3, -0.25) is 0 Å². The summed E-state index contributed by atoms with van der Waals surface area (Å²) in [6, 6.07) is 5.45. The zero-order valence-electron chi connectivity index (χ0n) is 9.47. The molecule has 1 atom stereocenters. The van der Waals surface area contributed by atoms with E-state index in [2.05, 4.69) is 20.4 Å². The van der Waals surface area contributed by atoms with Gasteiger partial charge in [0.15, 0.2) is 5.82 Å². The molecular weight excluding hydrogens is 200 g/mol. The Hall–Kier alpha value is -1.16. The molecule has 1 aliphatic carbocycles. The molecule has 1 saturated carbocycles. The van der Waals surface area contributed by atoms with E-state index < -0.39 is 0 Å². The first kappa shape index (κ1) is 10.0. The van der Waals surface area contributed by atoms with E-state index in [1.54, 1.807) is 6.20 Å². The van der Waals surface area contributed by atoms with Gasteiger partial charge in [-0.2, -0.15) is 5.10 Å². The minimum atomic E-state index is 0.642. The highest BCUT2D eigenvalue weighted by Crippen LogP contribution is 2.23. The zero-order chi connectivity index (χ0) is 10.8. The third-order valence-corrected chi connectivity index (χ3v) is 3.35. The number of rotatable bonds is 3. The summed E-state index contributed by atoms with van der Waals surface area (Å²) in [6.45, 7) is 2.19. The number of aromatic nitrogens is 2. The van der Waals surface area contributed by atoms with Gasteiger partial charge in [0.1, 0.15) is 0 Å². The fourth-order valence-electron chi connectivity index (χ4n) is 2.37. The van der Waals surface area contributed by atoms with Crippen LogP contribution < -0.4 is 10.2 Å². The number of piperidine rings is 1. The largest absolute Gasteiger partial charge is 0.354 e. The number of hydrogen-bond acceptors (Lipinski definition) is 4. The molecule has 0 bridgehead atoms. The average molecular weight is 218 g/mol. The number of nitrogens with zero attached hydrogens (tertiary/aromatic N) is 3. The number of anilines is 1. The maximum atomic E-state index is 4.18. The Kier molecular flexibility index (Phi) is 2.74. The predicted molar refractivity (Wildman–Crippen MR) is 63.4 cm³/mol. The molecule has 2 fully saturated rings. The van der Waals surface area contributed by atoms with Crippen molar-refractivity contribution in [1.29, 1.82) is 0 Å². The molecule has 1 aliphatic heterocycles. The Bertz CT molecular complexity index is 336. The van der Waals surface area contributed by atoms with Crippen LogP contribution in [0.15, 0.2) is 18.3 Å². The van der Waals surface area contributed by atoms with E-state index in [-0.39, 0.29) is 0 Å². The summed E-state index contributed by atoms with van der Waals surface area (Å²) >= 11 is 0. The number of hydrogen-bond donors (Lipinski definition) is 1. The molecule has 0 unspecified atom stereocenters. The molecule has 0 amide bonds. The van der Waals surface area contributed by atoms with Crippen LogP contribution in [-0.4, -0.2) is 35.4 Å². The van der Waals surface area contributed by atoms with Crippen LogP contribution in [0.1, 0.15) is 25.7 Å². The van der Waals surface area contributed by atoms with Gasteiger partial charge >= 0.3 is 0 Å². The van der Waals surface area contributed by atoms with E-state index in [0.29, 0.717) is 6.04 Å². The van der Waals surface area contributed by atoms with Crippen LogP contribution in [0.3, 0.4) is 0 Å². The maximum absolute atomic E-state index is 4.18. The fraction of sp³-hybridized carbons (Fsp3) is 0.667. The highest BCUT2D eigenvalue weighted by atomic mass is 15.3. The van der Waals surface area contributed by atoms with Crippen molar-refractivity contribution < 1.29 is 0 Å². The van der Waals surface area contributed by atoms with Crippen molar-refractivity contribution in [2.75, 3.05) is 18.0 Å². The van der Waals surface area contributed by atoms with Gasteiger partial charge in [-0.05, 0) is 37.8 Å².